The van der Waals surface area contributed by atoms with Crippen molar-refractivity contribution in [2.45, 2.75) is 12.8 Å². The van der Waals surface area contributed by atoms with Gasteiger partial charge in [-0.3, -0.25) is 20.2 Å². The summed E-state index contributed by atoms with van der Waals surface area (Å²) in [5.41, 5.74) is -0.0816. The minimum absolute atomic E-state index is 0.232. The van der Waals surface area contributed by atoms with Crippen LogP contribution in [0.25, 0.3) is 10.4 Å². The summed E-state index contributed by atoms with van der Waals surface area (Å²) < 4.78 is 0. The standard InChI is InChI=1S/C14H13N3O4S/c18-16(19)10-3-4-11(12(9-10)17(20)21)13-5-6-14(22-13)15-7-1-2-8-15/h3-6,9H,1-2,7-8H2. The molecular weight excluding hydrogens is 306 g/mol. The van der Waals surface area contributed by atoms with Crippen LogP contribution < -0.4 is 4.90 Å². The summed E-state index contributed by atoms with van der Waals surface area (Å²) in [6.45, 7) is 2.00. The molecule has 2 aromatic rings. The van der Waals surface area contributed by atoms with E-state index < -0.39 is 9.85 Å². The molecule has 8 heteroatoms. The van der Waals surface area contributed by atoms with Gasteiger partial charge in [-0.15, -0.1) is 11.3 Å². The zero-order chi connectivity index (χ0) is 15.7. The van der Waals surface area contributed by atoms with Crippen LogP contribution in [0.5, 0.6) is 0 Å². The molecule has 0 aliphatic carbocycles. The lowest BCUT2D eigenvalue weighted by molar-refractivity contribution is -0.393. The van der Waals surface area contributed by atoms with Crippen LogP contribution in [0.1, 0.15) is 12.8 Å². The van der Waals surface area contributed by atoms with Crippen LogP contribution in [0.2, 0.25) is 0 Å². The van der Waals surface area contributed by atoms with E-state index >= 15 is 0 Å². The Hall–Kier alpha value is -2.48. The lowest BCUT2D eigenvalue weighted by Gasteiger charge is -2.13. The number of hydrogen-bond donors (Lipinski definition) is 0. The van der Waals surface area contributed by atoms with Gasteiger partial charge in [0.25, 0.3) is 11.4 Å². The molecule has 0 saturated carbocycles. The van der Waals surface area contributed by atoms with Gasteiger partial charge in [-0.2, -0.15) is 0 Å². The fourth-order valence-corrected chi connectivity index (χ4v) is 3.66. The number of nitro benzene ring substituents is 2. The van der Waals surface area contributed by atoms with Crippen LogP contribution in [-0.2, 0) is 0 Å². The molecule has 0 amide bonds. The molecule has 1 fully saturated rings. The molecule has 0 unspecified atom stereocenters. The van der Waals surface area contributed by atoms with Crippen LogP contribution in [0.3, 0.4) is 0 Å². The van der Waals surface area contributed by atoms with Crippen LogP contribution in [0.4, 0.5) is 16.4 Å². The Morgan fingerprint density at radius 2 is 1.73 bits per heavy atom. The predicted molar refractivity (Wildman–Crippen MR) is 84.5 cm³/mol. The van der Waals surface area contributed by atoms with E-state index in [0.29, 0.717) is 5.56 Å². The van der Waals surface area contributed by atoms with Crippen molar-refractivity contribution in [1.29, 1.82) is 0 Å². The van der Waals surface area contributed by atoms with Crippen molar-refractivity contribution in [3.63, 3.8) is 0 Å². The Kier molecular flexibility index (Phi) is 3.76. The van der Waals surface area contributed by atoms with Crippen molar-refractivity contribution < 1.29 is 9.85 Å². The molecular formula is C14H13N3O4S. The van der Waals surface area contributed by atoms with Gasteiger partial charge >= 0.3 is 0 Å². The van der Waals surface area contributed by atoms with Gasteiger partial charge in [-0.05, 0) is 31.0 Å². The van der Waals surface area contributed by atoms with E-state index in [0.717, 1.165) is 41.9 Å². The fraction of sp³-hybridized carbons (Fsp3) is 0.286. The first-order chi connectivity index (χ1) is 10.6. The Bertz CT molecular complexity index is 737. The van der Waals surface area contributed by atoms with Crippen molar-refractivity contribution in [2.24, 2.45) is 0 Å². The molecule has 0 radical (unpaired) electrons. The van der Waals surface area contributed by atoms with Crippen molar-refractivity contribution in [3.8, 4) is 10.4 Å². The second kappa shape index (κ2) is 5.72. The summed E-state index contributed by atoms with van der Waals surface area (Å²) in [5.74, 6) is 0. The predicted octanol–water partition coefficient (Wildman–Crippen LogP) is 3.83. The van der Waals surface area contributed by atoms with Gasteiger partial charge in [0.15, 0.2) is 0 Å². The summed E-state index contributed by atoms with van der Waals surface area (Å²) in [5, 5.41) is 23.1. The number of benzene rings is 1. The maximum absolute atomic E-state index is 11.2. The second-order valence-electron chi connectivity index (χ2n) is 5.05. The molecule has 0 bridgehead atoms. The quantitative estimate of drug-likeness (QED) is 0.631. The molecule has 0 spiro atoms. The first kappa shape index (κ1) is 14.5. The first-order valence-electron chi connectivity index (χ1n) is 6.84. The zero-order valence-corrected chi connectivity index (χ0v) is 12.4. The summed E-state index contributed by atoms with van der Waals surface area (Å²) in [4.78, 5) is 23.8. The van der Waals surface area contributed by atoms with Crippen LogP contribution >= 0.6 is 11.3 Å². The molecule has 3 rings (SSSR count). The topological polar surface area (TPSA) is 89.5 Å². The minimum Gasteiger partial charge on any atom is -0.363 e. The van der Waals surface area contributed by atoms with Crippen molar-refractivity contribution in [2.75, 3.05) is 18.0 Å². The van der Waals surface area contributed by atoms with Gasteiger partial charge in [0.1, 0.15) is 0 Å². The lowest BCUT2D eigenvalue weighted by atomic mass is 10.1. The van der Waals surface area contributed by atoms with Gasteiger partial charge in [0.2, 0.25) is 0 Å². The summed E-state index contributed by atoms with van der Waals surface area (Å²) in [7, 11) is 0. The third kappa shape index (κ3) is 2.64. The first-order valence-corrected chi connectivity index (χ1v) is 7.66. The van der Waals surface area contributed by atoms with Gasteiger partial charge in [-0.25, -0.2) is 0 Å². The number of rotatable bonds is 4. The number of nitrogens with zero attached hydrogens (tertiary/aromatic N) is 3. The Morgan fingerprint density at radius 1 is 1.00 bits per heavy atom. The van der Waals surface area contributed by atoms with E-state index in [1.54, 1.807) is 0 Å². The van der Waals surface area contributed by atoms with E-state index in [1.807, 2.05) is 12.1 Å². The molecule has 2 heterocycles. The minimum atomic E-state index is -0.624. The number of non-ortho nitro benzene ring substituents is 1. The highest BCUT2D eigenvalue weighted by Crippen LogP contribution is 2.40. The van der Waals surface area contributed by atoms with Crippen molar-refractivity contribution in [1.82, 2.24) is 0 Å². The third-order valence-electron chi connectivity index (χ3n) is 3.66. The molecule has 22 heavy (non-hydrogen) atoms. The molecule has 114 valence electrons. The Morgan fingerprint density at radius 3 is 2.36 bits per heavy atom. The molecule has 7 nitrogen and oxygen atoms in total. The van der Waals surface area contributed by atoms with E-state index in [2.05, 4.69) is 4.90 Å². The smallest absolute Gasteiger partial charge is 0.284 e. The maximum atomic E-state index is 11.2. The van der Waals surface area contributed by atoms with Gasteiger partial charge < -0.3 is 4.90 Å². The van der Waals surface area contributed by atoms with Crippen LogP contribution in [0.15, 0.2) is 30.3 Å². The molecule has 1 aliphatic heterocycles. The number of thiophene rings is 1. The number of anilines is 1. The monoisotopic (exact) mass is 319 g/mol. The molecule has 1 aromatic carbocycles. The summed E-state index contributed by atoms with van der Waals surface area (Å²) in [6.07, 6.45) is 2.32. The van der Waals surface area contributed by atoms with E-state index in [9.17, 15) is 20.2 Å². The Balaban J connectivity index is 2.00. The zero-order valence-electron chi connectivity index (χ0n) is 11.6. The summed E-state index contributed by atoms with van der Waals surface area (Å²) >= 11 is 1.48. The van der Waals surface area contributed by atoms with Crippen molar-refractivity contribution >= 4 is 27.7 Å². The fourth-order valence-electron chi connectivity index (χ4n) is 2.57. The highest BCUT2D eigenvalue weighted by molar-refractivity contribution is 7.19. The van der Waals surface area contributed by atoms with Crippen LogP contribution in [-0.4, -0.2) is 22.9 Å². The largest absolute Gasteiger partial charge is 0.363 e. The average Bonchev–Trinajstić information content (AvgIpc) is 3.17. The molecule has 1 saturated heterocycles. The molecule has 1 aromatic heterocycles. The summed E-state index contributed by atoms with van der Waals surface area (Å²) in [6, 6.07) is 7.57. The van der Waals surface area contributed by atoms with E-state index in [4.69, 9.17) is 0 Å². The molecule has 0 atom stereocenters. The number of nitro groups is 2. The molecule has 1 aliphatic rings. The van der Waals surface area contributed by atoms with E-state index in [-0.39, 0.29) is 11.4 Å². The SMILES string of the molecule is O=[N+]([O-])c1ccc(-c2ccc(N3CCCC3)s2)c([N+](=O)[O-])c1. The highest BCUT2D eigenvalue weighted by Gasteiger charge is 2.22. The van der Waals surface area contributed by atoms with Gasteiger partial charge in [0.05, 0.1) is 26.5 Å². The maximum Gasteiger partial charge on any atom is 0.284 e. The van der Waals surface area contributed by atoms with Crippen molar-refractivity contribution in [3.05, 3.63) is 50.6 Å². The Labute approximate surface area is 130 Å². The molecule has 0 N–H and O–H groups in total. The highest BCUT2D eigenvalue weighted by atomic mass is 32.1. The second-order valence-corrected chi connectivity index (χ2v) is 6.11. The van der Waals surface area contributed by atoms with Gasteiger partial charge in [0, 0.05) is 24.0 Å². The normalized spacial score (nSPS) is 14.3. The number of hydrogen-bond acceptors (Lipinski definition) is 6. The average molecular weight is 319 g/mol. The van der Waals surface area contributed by atoms with Gasteiger partial charge in [-0.1, -0.05) is 0 Å². The lowest BCUT2D eigenvalue weighted by Crippen LogP contribution is -2.15. The van der Waals surface area contributed by atoms with E-state index in [1.165, 1.54) is 23.5 Å². The van der Waals surface area contributed by atoms with Crippen LogP contribution in [0, 0.1) is 20.2 Å². The third-order valence-corrected chi connectivity index (χ3v) is 4.84.